The molecular formula is C13H11ClNO2S-. The second-order valence-corrected chi connectivity index (χ2v) is 5.47. The number of hydrogen-bond acceptors (Lipinski definition) is 4. The molecule has 0 bridgehead atoms. The van der Waals surface area contributed by atoms with Gasteiger partial charge in [-0.05, 0) is 37.6 Å². The van der Waals surface area contributed by atoms with Crippen molar-refractivity contribution in [2.75, 3.05) is 5.75 Å². The summed E-state index contributed by atoms with van der Waals surface area (Å²) in [6.07, 6.45) is 0.0358. The number of halogens is 1. The van der Waals surface area contributed by atoms with Gasteiger partial charge in [0.05, 0.1) is 5.52 Å². The molecular weight excluding hydrogens is 270 g/mol. The number of thioether (sulfide) groups is 1. The highest BCUT2D eigenvalue weighted by Crippen LogP contribution is 2.30. The van der Waals surface area contributed by atoms with Crippen LogP contribution in [0.2, 0.25) is 5.02 Å². The number of carbonyl (C=O) groups is 1. The molecule has 0 aliphatic rings. The highest BCUT2D eigenvalue weighted by molar-refractivity contribution is 7.99. The zero-order valence-corrected chi connectivity index (χ0v) is 11.3. The maximum atomic E-state index is 10.4. The number of hydrogen-bond donors (Lipinski definition) is 0. The summed E-state index contributed by atoms with van der Waals surface area (Å²) in [5.41, 5.74) is 1.77. The second kappa shape index (κ2) is 5.59. The molecule has 0 unspecified atom stereocenters. The molecule has 0 radical (unpaired) electrons. The summed E-state index contributed by atoms with van der Waals surface area (Å²) >= 11 is 7.46. The van der Waals surface area contributed by atoms with E-state index in [0.29, 0.717) is 10.8 Å². The van der Waals surface area contributed by atoms with Gasteiger partial charge in [0.2, 0.25) is 0 Å². The summed E-state index contributed by atoms with van der Waals surface area (Å²) in [5.74, 6) is -0.552. The molecule has 18 heavy (non-hydrogen) atoms. The first-order valence-corrected chi connectivity index (χ1v) is 6.82. The molecule has 2 aromatic rings. The van der Waals surface area contributed by atoms with E-state index >= 15 is 0 Å². The van der Waals surface area contributed by atoms with E-state index in [2.05, 4.69) is 4.98 Å². The van der Waals surface area contributed by atoms with Crippen molar-refractivity contribution in [2.24, 2.45) is 0 Å². The average Bonchev–Trinajstić information content (AvgIpc) is 2.29. The largest absolute Gasteiger partial charge is 0.550 e. The van der Waals surface area contributed by atoms with E-state index in [4.69, 9.17) is 11.6 Å². The molecule has 0 saturated carbocycles. The van der Waals surface area contributed by atoms with Crippen LogP contribution in [-0.4, -0.2) is 16.7 Å². The van der Waals surface area contributed by atoms with Crippen LogP contribution in [0.3, 0.4) is 0 Å². The van der Waals surface area contributed by atoms with Crippen LogP contribution in [0.1, 0.15) is 12.1 Å². The molecule has 3 nitrogen and oxygen atoms in total. The van der Waals surface area contributed by atoms with Gasteiger partial charge in [0.25, 0.3) is 0 Å². The van der Waals surface area contributed by atoms with Gasteiger partial charge in [-0.25, -0.2) is 0 Å². The van der Waals surface area contributed by atoms with Gasteiger partial charge in [-0.3, -0.25) is 4.98 Å². The van der Waals surface area contributed by atoms with Crippen LogP contribution in [0, 0.1) is 6.92 Å². The first-order chi connectivity index (χ1) is 8.56. The van der Waals surface area contributed by atoms with E-state index < -0.39 is 5.97 Å². The molecule has 0 amide bonds. The molecule has 0 N–H and O–H groups in total. The normalized spacial score (nSPS) is 10.8. The van der Waals surface area contributed by atoms with Crippen molar-refractivity contribution in [1.82, 2.24) is 4.98 Å². The van der Waals surface area contributed by atoms with Gasteiger partial charge in [-0.2, -0.15) is 0 Å². The van der Waals surface area contributed by atoms with Crippen molar-refractivity contribution in [2.45, 2.75) is 18.2 Å². The maximum Gasteiger partial charge on any atom is 0.0717 e. The van der Waals surface area contributed by atoms with Gasteiger partial charge >= 0.3 is 0 Å². The van der Waals surface area contributed by atoms with Crippen molar-refractivity contribution in [3.8, 4) is 0 Å². The van der Waals surface area contributed by atoms with Crippen molar-refractivity contribution in [3.63, 3.8) is 0 Å². The van der Waals surface area contributed by atoms with E-state index in [1.54, 1.807) is 6.07 Å². The minimum Gasteiger partial charge on any atom is -0.550 e. The Hall–Kier alpha value is -1.26. The van der Waals surface area contributed by atoms with E-state index in [0.717, 1.165) is 21.5 Å². The minimum absolute atomic E-state index is 0.0358. The first-order valence-electron chi connectivity index (χ1n) is 5.46. The molecule has 5 heteroatoms. The number of aliphatic carboxylic acids is 1. The number of carboxylic acid groups (broad SMARTS) is 1. The molecule has 1 heterocycles. The number of benzene rings is 1. The number of nitrogens with zero attached hydrogens (tertiary/aromatic N) is 1. The molecule has 0 aliphatic heterocycles. The lowest BCUT2D eigenvalue weighted by molar-refractivity contribution is -0.305. The van der Waals surface area contributed by atoms with E-state index in [1.807, 2.05) is 25.1 Å². The number of aromatic nitrogens is 1. The lowest BCUT2D eigenvalue weighted by Gasteiger charge is -2.08. The number of carbonyl (C=O) groups excluding carboxylic acids is 1. The lowest BCUT2D eigenvalue weighted by Crippen LogP contribution is -2.22. The van der Waals surface area contributed by atoms with Crippen LogP contribution in [0.5, 0.6) is 0 Å². The van der Waals surface area contributed by atoms with Crippen molar-refractivity contribution in [3.05, 3.63) is 35.0 Å². The number of carboxylic acids is 1. The van der Waals surface area contributed by atoms with Gasteiger partial charge in [0.1, 0.15) is 0 Å². The maximum absolute atomic E-state index is 10.4. The highest BCUT2D eigenvalue weighted by Gasteiger charge is 2.05. The predicted molar refractivity (Wildman–Crippen MR) is 71.8 cm³/mol. The third kappa shape index (κ3) is 3.15. The Balaban J connectivity index is 2.35. The number of rotatable bonds is 4. The molecule has 1 aromatic carbocycles. The van der Waals surface area contributed by atoms with Gasteiger partial charge in [0, 0.05) is 32.7 Å². The Morgan fingerprint density at radius 3 is 2.94 bits per heavy atom. The van der Waals surface area contributed by atoms with Crippen LogP contribution in [-0.2, 0) is 4.79 Å². The SMILES string of the molecule is Cc1cc(SCCC(=O)[O-])c2cc(Cl)ccc2n1. The molecule has 0 aliphatic carbocycles. The average molecular weight is 281 g/mol. The monoisotopic (exact) mass is 280 g/mol. The summed E-state index contributed by atoms with van der Waals surface area (Å²) < 4.78 is 0. The Morgan fingerprint density at radius 1 is 1.44 bits per heavy atom. The van der Waals surface area contributed by atoms with Gasteiger partial charge in [-0.1, -0.05) is 11.6 Å². The third-order valence-electron chi connectivity index (χ3n) is 2.42. The molecule has 1 aromatic heterocycles. The summed E-state index contributed by atoms with van der Waals surface area (Å²) in [5, 5.41) is 12.0. The van der Waals surface area contributed by atoms with Crippen LogP contribution in [0.15, 0.2) is 29.2 Å². The zero-order chi connectivity index (χ0) is 13.1. The standard InChI is InChI=1S/C13H12ClNO2S/c1-8-6-12(18-5-4-13(16)17)10-7-9(14)2-3-11(10)15-8/h2-3,6-7H,4-5H2,1H3,(H,16,17)/p-1. The third-order valence-corrected chi connectivity index (χ3v) is 3.72. The summed E-state index contributed by atoms with van der Waals surface area (Å²) in [6, 6.07) is 7.46. The topological polar surface area (TPSA) is 53.0 Å². The van der Waals surface area contributed by atoms with Crippen molar-refractivity contribution >= 4 is 40.2 Å². The van der Waals surface area contributed by atoms with E-state index in [9.17, 15) is 9.90 Å². The molecule has 0 fully saturated rings. The highest BCUT2D eigenvalue weighted by atomic mass is 35.5. The van der Waals surface area contributed by atoms with Crippen LogP contribution < -0.4 is 5.11 Å². The minimum atomic E-state index is -1.03. The number of pyridine rings is 1. The Labute approximate surface area is 114 Å². The van der Waals surface area contributed by atoms with Gasteiger partial charge < -0.3 is 9.90 Å². The van der Waals surface area contributed by atoms with E-state index in [-0.39, 0.29) is 6.42 Å². The van der Waals surface area contributed by atoms with Crippen molar-refractivity contribution in [1.29, 1.82) is 0 Å². The van der Waals surface area contributed by atoms with Crippen LogP contribution >= 0.6 is 23.4 Å². The Bertz CT molecular complexity index is 601. The van der Waals surface area contributed by atoms with Crippen molar-refractivity contribution < 1.29 is 9.90 Å². The number of fused-ring (bicyclic) bond motifs is 1. The molecule has 0 spiro atoms. The van der Waals surface area contributed by atoms with E-state index in [1.165, 1.54) is 11.8 Å². The van der Waals surface area contributed by atoms with Gasteiger partial charge in [0.15, 0.2) is 0 Å². The van der Waals surface area contributed by atoms with Crippen LogP contribution in [0.25, 0.3) is 10.9 Å². The molecule has 0 saturated heterocycles. The summed E-state index contributed by atoms with van der Waals surface area (Å²) in [6.45, 7) is 1.91. The lowest BCUT2D eigenvalue weighted by atomic mass is 10.2. The fourth-order valence-corrected chi connectivity index (χ4v) is 2.89. The second-order valence-electron chi connectivity index (χ2n) is 3.89. The Morgan fingerprint density at radius 2 is 2.22 bits per heavy atom. The summed E-state index contributed by atoms with van der Waals surface area (Å²) in [7, 11) is 0. The molecule has 94 valence electrons. The first kappa shape index (κ1) is 13.2. The molecule has 2 rings (SSSR count). The Kier molecular flexibility index (Phi) is 4.09. The number of aryl methyl sites for hydroxylation is 1. The fraction of sp³-hybridized carbons (Fsp3) is 0.231. The van der Waals surface area contributed by atoms with Crippen LogP contribution in [0.4, 0.5) is 0 Å². The zero-order valence-electron chi connectivity index (χ0n) is 9.77. The predicted octanol–water partition coefficient (Wildman–Crippen LogP) is 2.43. The van der Waals surface area contributed by atoms with Gasteiger partial charge in [-0.15, -0.1) is 11.8 Å². The smallest absolute Gasteiger partial charge is 0.0717 e. The quantitative estimate of drug-likeness (QED) is 0.807. The fourth-order valence-electron chi connectivity index (χ4n) is 1.66. The summed E-state index contributed by atoms with van der Waals surface area (Å²) in [4.78, 5) is 15.8. The molecule has 0 atom stereocenters.